The minimum absolute atomic E-state index is 0.175. The van der Waals surface area contributed by atoms with Gasteiger partial charge in [0.15, 0.2) is 0 Å². The molecule has 0 heterocycles. The fourth-order valence-electron chi connectivity index (χ4n) is 1.77. The molecule has 4 heteroatoms. The Morgan fingerprint density at radius 2 is 1.58 bits per heavy atom. The van der Waals surface area contributed by atoms with Crippen molar-refractivity contribution in [1.82, 2.24) is 0 Å². The molecule has 2 aromatic carbocycles. The first-order valence-electron chi connectivity index (χ1n) is 5.70. The van der Waals surface area contributed by atoms with Gasteiger partial charge in [0.1, 0.15) is 11.6 Å². The molecule has 0 atom stereocenters. The number of hydrogen-bond acceptors (Lipinski definition) is 2. The summed E-state index contributed by atoms with van der Waals surface area (Å²) in [7, 11) is 1.33. The zero-order chi connectivity index (χ0) is 13.8. The maximum Gasteiger partial charge on any atom is 0.309 e. The summed E-state index contributed by atoms with van der Waals surface area (Å²) in [4.78, 5) is 11.1. The first kappa shape index (κ1) is 13.2. The molecule has 2 rings (SSSR count). The molecule has 0 radical (unpaired) electrons. The van der Waals surface area contributed by atoms with Crippen LogP contribution < -0.4 is 0 Å². The SMILES string of the molecule is COC(=O)Cc1ccc(-c2cc(F)cc(F)c2)cc1. The number of carbonyl (C=O) groups is 1. The Kier molecular flexibility index (Phi) is 3.90. The third-order valence-electron chi connectivity index (χ3n) is 2.73. The smallest absolute Gasteiger partial charge is 0.309 e. The van der Waals surface area contributed by atoms with Gasteiger partial charge < -0.3 is 4.74 Å². The number of carbonyl (C=O) groups excluding carboxylic acids is 1. The van der Waals surface area contributed by atoms with E-state index in [9.17, 15) is 13.6 Å². The maximum absolute atomic E-state index is 13.1. The average Bonchev–Trinajstić information content (AvgIpc) is 2.38. The summed E-state index contributed by atoms with van der Waals surface area (Å²) in [5.41, 5.74) is 1.93. The second-order valence-corrected chi connectivity index (χ2v) is 4.11. The molecule has 0 aromatic heterocycles. The van der Waals surface area contributed by atoms with Crippen LogP contribution in [-0.2, 0) is 16.0 Å². The Labute approximate surface area is 109 Å². The summed E-state index contributed by atoms with van der Waals surface area (Å²) in [6, 6.07) is 10.2. The van der Waals surface area contributed by atoms with Gasteiger partial charge in [0.2, 0.25) is 0 Å². The molecule has 0 bridgehead atoms. The minimum Gasteiger partial charge on any atom is -0.469 e. The van der Waals surface area contributed by atoms with Gasteiger partial charge in [-0.25, -0.2) is 8.78 Å². The Morgan fingerprint density at radius 1 is 1.00 bits per heavy atom. The van der Waals surface area contributed by atoms with Crippen LogP contribution in [0.2, 0.25) is 0 Å². The van der Waals surface area contributed by atoms with Gasteiger partial charge in [-0.15, -0.1) is 0 Å². The fourth-order valence-corrected chi connectivity index (χ4v) is 1.77. The van der Waals surface area contributed by atoms with Gasteiger partial charge in [-0.05, 0) is 28.8 Å². The highest BCUT2D eigenvalue weighted by Crippen LogP contribution is 2.22. The standard InChI is InChI=1S/C15H12F2O2/c1-19-15(18)6-10-2-4-11(5-3-10)12-7-13(16)9-14(17)8-12/h2-5,7-9H,6H2,1H3. The minimum atomic E-state index is -0.617. The van der Waals surface area contributed by atoms with Crippen LogP contribution >= 0.6 is 0 Å². The predicted octanol–water partition coefficient (Wildman–Crippen LogP) is 3.35. The summed E-state index contributed by atoms with van der Waals surface area (Å²) >= 11 is 0. The molecule has 0 saturated carbocycles. The van der Waals surface area contributed by atoms with Crippen LogP contribution in [0.3, 0.4) is 0 Å². The molecule has 2 aromatic rings. The highest BCUT2D eigenvalue weighted by Gasteiger charge is 2.05. The zero-order valence-corrected chi connectivity index (χ0v) is 10.3. The quantitative estimate of drug-likeness (QED) is 0.793. The number of halogens is 2. The second-order valence-electron chi connectivity index (χ2n) is 4.11. The van der Waals surface area contributed by atoms with Gasteiger partial charge >= 0.3 is 5.97 Å². The van der Waals surface area contributed by atoms with E-state index in [4.69, 9.17) is 0 Å². The Morgan fingerprint density at radius 3 is 2.11 bits per heavy atom. The number of ether oxygens (including phenoxy) is 1. The number of benzene rings is 2. The van der Waals surface area contributed by atoms with E-state index >= 15 is 0 Å². The van der Waals surface area contributed by atoms with E-state index in [0.717, 1.165) is 11.6 Å². The van der Waals surface area contributed by atoms with Gasteiger partial charge in [0, 0.05) is 6.07 Å². The lowest BCUT2D eigenvalue weighted by atomic mass is 10.0. The molecule has 0 spiro atoms. The van der Waals surface area contributed by atoms with Crippen molar-refractivity contribution in [1.29, 1.82) is 0 Å². The van der Waals surface area contributed by atoms with Gasteiger partial charge in [-0.1, -0.05) is 24.3 Å². The number of methoxy groups -OCH3 is 1. The first-order chi connectivity index (χ1) is 9.08. The van der Waals surface area contributed by atoms with E-state index in [1.807, 2.05) is 0 Å². The van der Waals surface area contributed by atoms with Crippen molar-refractivity contribution in [3.63, 3.8) is 0 Å². The molecule has 0 aliphatic rings. The van der Waals surface area contributed by atoms with Crippen molar-refractivity contribution in [2.75, 3.05) is 7.11 Å². The average molecular weight is 262 g/mol. The maximum atomic E-state index is 13.1. The van der Waals surface area contributed by atoms with Gasteiger partial charge in [-0.3, -0.25) is 4.79 Å². The van der Waals surface area contributed by atoms with E-state index in [0.29, 0.717) is 11.1 Å². The van der Waals surface area contributed by atoms with Gasteiger partial charge in [0.05, 0.1) is 13.5 Å². The van der Waals surface area contributed by atoms with Gasteiger partial charge in [0.25, 0.3) is 0 Å². The summed E-state index contributed by atoms with van der Waals surface area (Å²) in [6.45, 7) is 0. The second kappa shape index (κ2) is 5.61. The van der Waals surface area contributed by atoms with E-state index in [-0.39, 0.29) is 12.4 Å². The lowest BCUT2D eigenvalue weighted by Crippen LogP contribution is -2.04. The van der Waals surface area contributed by atoms with E-state index in [2.05, 4.69) is 4.74 Å². The number of hydrogen-bond donors (Lipinski definition) is 0. The summed E-state index contributed by atoms with van der Waals surface area (Å²) in [6.07, 6.45) is 0.175. The summed E-state index contributed by atoms with van der Waals surface area (Å²) < 4.78 is 30.8. The number of rotatable bonds is 3. The third kappa shape index (κ3) is 3.37. The Bertz CT molecular complexity index is 571. The normalized spacial score (nSPS) is 10.3. The van der Waals surface area contributed by atoms with Crippen molar-refractivity contribution < 1.29 is 18.3 Å². The van der Waals surface area contributed by atoms with Crippen LogP contribution in [0.4, 0.5) is 8.78 Å². The molecule has 19 heavy (non-hydrogen) atoms. The van der Waals surface area contributed by atoms with Crippen LogP contribution in [0, 0.1) is 11.6 Å². The molecule has 0 unspecified atom stereocenters. The highest BCUT2D eigenvalue weighted by atomic mass is 19.1. The molecule has 0 aliphatic carbocycles. The molecular formula is C15H12F2O2. The Balaban J connectivity index is 2.24. The molecule has 98 valence electrons. The van der Waals surface area contributed by atoms with Crippen molar-refractivity contribution >= 4 is 5.97 Å². The lowest BCUT2D eigenvalue weighted by Gasteiger charge is -2.04. The van der Waals surface area contributed by atoms with Crippen molar-refractivity contribution in [3.05, 3.63) is 59.7 Å². The fraction of sp³-hybridized carbons (Fsp3) is 0.133. The van der Waals surface area contributed by atoms with E-state index in [1.54, 1.807) is 24.3 Å². The summed E-state index contributed by atoms with van der Waals surface area (Å²) in [5, 5.41) is 0. The topological polar surface area (TPSA) is 26.3 Å². The van der Waals surface area contributed by atoms with Crippen molar-refractivity contribution in [2.45, 2.75) is 6.42 Å². The predicted molar refractivity (Wildman–Crippen MR) is 67.5 cm³/mol. The van der Waals surface area contributed by atoms with Crippen molar-refractivity contribution in [3.8, 4) is 11.1 Å². The zero-order valence-electron chi connectivity index (χ0n) is 10.3. The molecule has 0 fully saturated rings. The summed E-state index contributed by atoms with van der Waals surface area (Å²) in [5.74, 6) is -1.56. The van der Waals surface area contributed by atoms with E-state index in [1.165, 1.54) is 19.2 Å². The lowest BCUT2D eigenvalue weighted by molar-refractivity contribution is -0.139. The Hall–Kier alpha value is -2.23. The molecule has 2 nitrogen and oxygen atoms in total. The monoisotopic (exact) mass is 262 g/mol. The van der Waals surface area contributed by atoms with Crippen LogP contribution in [0.5, 0.6) is 0 Å². The van der Waals surface area contributed by atoms with E-state index < -0.39 is 11.6 Å². The van der Waals surface area contributed by atoms with Crippen LogP contribution in [0.25, 0.3) is 11.1 Å². The van der Waals surface area contributed by atoms with Crippen LogP contribution in [-0.4, -0.2) is 13.1 Å². The highest BCUT2D eigenvalue weighted by molar-refractivity contribution is 5.73. The van der Waals surface area contributed by atoms with Crippen LogP contribution in [0.15, 0.2) is 42.5 Å². The van der Waals surface area contributed by atoms with Crippen molar-refractivity contribution in [2.24, 2.45) is 0 Å². The molecular weight excluding hydrogens is 250 g/mol. The molecule has 0 aliphatic heterocycles. The third-order valence-corrected chi connectivity index (χ3v) is 2.73. The van der Waals surface area contributed by atoms with Gasteiger partial charge in [-0.2, -0.15) is 0 Å². The molecule has 0 N–H and O–H groups in total. The first-order valence-corrected chi connectivity index (χ1v) is 5.70. The largest absolute Gasteiger partial charge is 0.469 e. The number of esters is 1. The van der Waals surface area contributed by atoms with Crippen LogP contribution in [0.1, 0.15) is 5.56 Å². The molecule has 0 amide bonds. The molecule has 0 saturated heterocycles.